The summed E-state index contributed by atoms with van der Waals surface area (Å²) in [6, 6.07) is 9.92. The number of hydrogen-bond acceptors (Lipinski definition) is 4. The molecule has 1 aliphatic rings. The predicted octanol–water partition coefficient (Wildman–Crippen LogP) is 3.28. The van der Waals surface area contributed by atoms with Gasteiger partial charge in [-0.3, -0.25) is 4.79 Å². The second kappa shape index (κ2) is 7.39. The van der Waals surface area contributed by atoms with Gasteiger partial charge in [-0.05, 0) is 38.8 Å². The van der Waals surface area contributed by atoms with Gasteiger partial charge in [-0.2, -0.15) is 5.10 Å². The van der Waals surface area contributed by atoms with Gasteiger partial charge < -0.3 is 9.64 Å². The highest BCUT2D eigenvalue weighted by atomic mass is 16.5. The minimum atomic E-state index is 0.0254. The van der Waals surface area contributed by atoms with Gasteiger partial charge in [-0.15, -0.1) is 0 Å². The molecule has 2 aromatic heterocycles. The Bertz CT molecular complexity index is 948. The molecule has 6 nitrogen and oxygen atoms in total. The van der Waals surface area contributed by atoms with Crippen LogP contribution in [0.2, 0.25) is 0 Å². The highest BCUT2D eigenvalue weighted by Crippen LogP contribution is 2.21. The summed E-state index contributed by atoms with van der Waals surface area (Å²) in [4.78, 5) is 19.3. The maximum absolute atomic E-state index is 13.0. The predicted molar refractivity (Wildman–Crippen MR) is 103 cm³/mol. The molecule has 0 aliphatic carbocycles. The first-order chi connectivity index (χ1) is 13.1. The van der Waals surface area contributed by atoms with Gasteiger partial charge >= 0.3 is 0 Å². The zero-order valence-corrected chi connectivity index (χ0v) is 15.8. The molecule has 3 aromatic rings. The number of rotatable bonds is 4. The standard InChI is InChI=1S/C21H24N4O2/c1-15-5-7-18(8-6-15)27-14-17-4-3-11-24(13-17)21(26)19-12-22-20-9-10-23-25(20)16(19)2/h5-10,12,17H,3-4,11,13-14H2,1-2H3. The molecule has 4 rings (SSSR count). The molecule has 0 N–H and O–H groups in total. The van der Waals surface area contributed by atoms with Crippen LogP contribution in [0.1, 0.15) is 34.5 Å². The van der Waals surface area contributed by atoms with Crippen molar-refractivity contribution >= 4 is 11.6 Å². The molecule has 140 valence electrons. The fraction of sp³-hybridized carbons (Fsp3) is 0.381. The van der Waals surface area contributed by atoms with Crippen LogP contribution in [0, 0.1) is 19.8 Å². The van der Waals surface area contributed by atoms with Crippen molar-refractivity contribution in [2.75, 3.05) is 19.7 Å². The molecule has 1 aliphatic heterocycles. The molecule has 1 saturated heterocycles. The maximum atomic E-state index is 13.0. The Morgan fingerprint density at radius 1 is 1.22 bits per heavy atom. The van der Waals surface area contributed by atoms with Gasteiger partial charge in [0, 0.05) is 31.3 Å². The summed E-state index contributed by atoms with van der Waals surface area (Å²) in [5.74, 6) is 1.25. The number of aryl methyl sites for hydroxylation is 2. The van der Waals surface area contributed by atoms with E-state index in [1.165, 1.54) is 5.56 Å². The number of carbonyl (C=O) groups excluding carboxylic acids is 1. The molecule has 3 heterocycles. The highest BCUT2D eigenvalue weighted by molar-refractivity contribution is 5.95. The van der Waals surface area contributed by atoms with Crippen molar-refractivity contribution in [3.05, 3.63) is 59.5 Å². The van der Waals surface area contributed by atoms with Crippen LogP contribution in [0.4, 0.5) is 0 Å². The maximum Gasteiger partial charge on any atom is 0.257 e. The van der Waals surface area contributed by atoms with Gasteiger partial charge in [0.1, 0.15) is 5.75 Å². The number of benzene rings is 1. The van der Waals surface area contributed by atoms with E-state index in [-0.39, 0.29) is 5.91 Å². The molecule has 6 heteroatoms. The van der Waals surface area contributed by atoms with E-state index < -0.39 is 0 Å². The van der Waals surface area contributed by atoms with E-state index in [0.29, 0.717) is 24.6 Å². The molecular formula is C21H24N4O2. The Morgan fingerprint density at radius 2 is 2.04 bits per heavy atom. The topological polar surface area (TPSA) is 59.7 Å². The van der Waals surface area contributed by atoms with Crippen LogP contribution in [0.15, 0.2) is 42.7 Å². The average molecular weight is 364 g/mol. The summed E-state index contributed by atoms with van der Waals surface area (Å²) in [6.07, 6.45) is 5.43. The Morgan fingerprint density at radius 3 is 2.85 bits per heavy atom. The lowest BCUT2D eigenvalue weighted by atomic mass is 9.98. The number of hydrogen-bond donors (Lipinski definition) is 0. The van der Waals surface area contributed by atoms with Crippen LogP contribution in [0.25, 0.3) is 5.65 Å². The summed E-state index contributed by atoms with van der Waals surface area (Å²) < 4.78 is 7.66. The van der Waals surface area contributed by atoms with Gasteiger partial charge in [0.2, 0.25) is 0 Å². The number of amides is 1. The molecule has 0 spiro atoms. The summed E-state index contributed by atoms with van der Waals surface area (Å²) in [7, 11) is 0. The van der Waals surface area contributed by atoms with Crippen molar-refractivity contribution in [1.82, 2.24) is 19.5 Å². The summed E-state index contributed by atoms with van der Waals surface area (Å²) in [5, 5.41) is 4.25. The van der Waals surface area contributed by atoms with E-state index in [1.54, 1.807) is 16.9 Å². The first kappa shape index (κ1) is 17.5. The molecule has 1 unspecified atom stereocenters. The van der Waals surface area contributed by atoms with Crippen LogP contribution in [0.5, 0.6) is 5.75 Å². The largest absolute Gasteiger partial charge is 0.493 e. The number of nitrogens with zero attached hydrogens (tertiary/aromatic N) is 4. The third-order valence-electron chi connectivity index (χ3n) is 5.20. The average Bonchev–Trinajstić information content (AvgIpc) is 3.17. The van der Waals surface area contributed by atoms with E-state index in [1.807, 2.05) is 42.2 Å². The molecule has 0 radical (unpaired) electrons. The van der Waals surface area contributed by atoms with Crippen LogP contribution in [-0.4, -0.2) is 45.1 Å². The first-order valence-corrected chi connectivity index (χ1v) is 9.40. The first-order valence-electron chi connectivity index (χ1n) is 9.40. The van der Waals surface area contributed by atoms with E-state index in [0.717, 1.165) is 36.5 Å². The Balaban J connectivity index is 1.43. The van der Waals surface area contributed by atoms with E-state index in [4.69, 9.17) is 4.74 Å². The monoisotopic (exact) mass is 364 g/mol. The minimum Gasteiger partial charge on any atom is -0.493 e. The summed E-state index contributed by atoms with van der Waals surface area (Å²) in [5.41, 5.74) is 3.42. The third-order valence-corrected chi connectivity index (χ3v) is 5.20. The van der Waals surface area contributed by atoms with Crippen molar-refractivity contribution in [2.45, 2.75) is 26.7 Å². The van der Waals surface area contributed by atoms with Gasteiger partial charge in [0.25, 0.3) is 5.91 Å². The highest BCUT2D eigenvalue weighted by Gasteiger charge is 2.26. The molecule has 0 saturated carbocycles. The Labute approximate surface area is 158 Å². The number of carbonyl (C=O) groups is 1. The van der Waals surface area contributed by atoms with Gasteiger partial charge in [0.05, 0.1) is 24.1 Å². The quantitative estimate of drug-likeness (QED) is 0.713. The number of likely N-dealkylation sites (tertiary alicyclic amines) is 1. The van der Waals surface area contributed by atoms with Crippen molar-refractivity contribution in [1.29, 1.82) is 0 Å². The lowest BCUT2D eigenvalue weighted by molar-refractivity contribution is 0.0631. The van der Waals surface area contributed by atoms with Crippen molar-refractivity contribution in [3.63, 3.8) is 0 Å². The number of piperidine rings is 1. The molecule has 27 heavy (non-hydrogen) atoms. The minimum absolute atomic E-state index is 0.0254. The summed E-state index contributed by atoms with van der Waals surface area (Å²) in [6.45, 7) is 6.09. The summed E-state index contributed by atoms with van der Waals surface area (Å²) >= 11 is 0. The van der Waals surface area contributed by atoms with Crippen LogP contribution >= 0.6 is 0 Å². The molecule has 0 bridgehead atoms. The van der Waals surface area contributed by atoms with Crippen LogP contribution in [0.3, 0.4) is 0 Å². The van der Waals surface area contributed by atoms with Gasteiger partial charge in [-0.25, -0.2) is 9.50 Å². The van der Waals surface area contributed by atoms with E-state index in [9.17, 15) is 4.79 Å². The lowest BCUT2D eigenvalue weighted by Gasteiger charge is -2.33. The van der Waals surface area contributed by atoms with E-state index in [2.05, 4.69) is 17.0 Å². The van der Waals surface area contributed by atoms with Crippen molar-refractivity contribution in [3.8, 4) is 5.75 Å². The third kappa shape index (κ3) is 3.65. The molecular weight excluding hydrogens is 340 g/mol. The van der Waals surface area contributed by atoms with Gasteiger partial charge in [-0.1, -0.05) is 17.7 Å². The number of ether oxygens (including phenoxy) is 1. The van der Waals surface area contributed by atoms with Gasteiger partial charge in [0.15, 0.2) is 5.65 Å². The number of fused-ring (bicyclic) bond motifs is 1. The second-order valence-electron chi connectivity index (χ2n) is 7.24. The smallest absolute Gasteiger partial charge is 0.257 e. The Kier molecular flexibility index (Phi) is 4.79. The second-order valence-corrected chi connectivity index (χ2v) is 7.24. The Hall–Kier alpha value is -2.89. The molecule has 1 aromatic carbocycles. The molecule has 1 amide bonds. The molecule has 1 fully saturated rings. The zero-order chi connectivity index (χ0) is 18.8. The zero-order valence-electron chi connectivity index (χ0n) is 15.8. The molecule has 1 atom stereocenters. The van der Waals surface area contributed by atoms with E-state index >= 15 is 0 Å². The SMILES string of the molecule is Cc1ccc(OCC2CCCN(C(=O)c3cnc4ccnn4c3C)C2)cc1. The van der Waals surface area contributed by atoms with Crippen LogP contribution < -0.4 is 4.74 Å². The fourth-order valence-corrected chi connectivity index (χ4v) is 3.61. The van der Waals surface area contributed by atoms with Crippen LogP contribution in [-0.2, 0) is 0 Å². The normalized spacial score (nSPS) is 17.3. The van der Waals surface area contributed by atoms with Crippen molar-refractivity contribution in [2.24, 2.45) is 5.92 Å². The fourth-order valence-electron chi connectivity index (χ4n) is 3.61. The lowest BCUT2D eigenvalue weighted by Crippen LogP contribution is -2.42. The number of aromatic nitrogens is 3. The van der Waals surface area contributed by atoms with Crippen molar-refractivity contribution < 1.29 is 9.53 Å².